The van der Waals surface area contributed by atoms with E-state index in [1.165, 1.54) is 35.5 Å². The summed E-state index contributed by atoms with van der Waals surface area (Å²) in [6.07, 6.45) is 1.06. The van der Waals surface area contributed by atoms with E-state index in [0.29, 0.717) is 44.1 Å². The van der Waals surface area contributed by atoms with Gasteiger partial charge in [0.2, 0.25) is 0 Å². The van der Waals surface area contributed by atoms with E-state index >= 15 is 0 Å². The highest BCUT2D eigenvalue weighted by atomic mass is 19.4. The third kappa shape index (κ3) is 6.83. The lowest BCUT2D eigenvalue weighted by Gasteiger charge is -2.33. The molecular formula is C33H31F3N6O5. The highest BCUT2D eigenvalue weighted by Crippen LogP contribution is 2.34. The Bertz CT molecular complexity index is 1760. The largest absolute Gasteiger partial charge is 0.447 e. The Morgan fingerprint density at radius 2 is 1.74 bits per heavy atom. The first-order valence-electron chi connectivity index (χ1n) is 14.8. The summed E-state index contributed by atoms with van der Waals surface area (Å²) < 4.78 is 58.9. The molecule has 1 saturated heterocycles. The van der Waals surface area contributed by atoms with Gasteiger partial charge in [0.05, 0.1) is 30.0 Å². The number of hydrogen-bond donors (Lipinski definition) is 2. The Morgan fingerprint density at radius 3 is 2.45 bits per heavy atom. The molecule has 14 heteroatoms. The number of carbonyl (C=O) groups excluding carboxylic acids is 2. The second-order valence-electron chi connectivity index (χ2n) is 11.0. The van der Waals surface area contributed by atoms with Crippen molar-refractivity contribution in [1.82, 2.24) is 25.0 Å². The van der Waals surface area contributed by atoms with Gasteiger partial charge in [-0.1, -0.05) is 42.5 Å². The van der Waals surface area contributed by atoms with E-state index in [1.807, 2.05) is 30.3 Å². The van der Waals surface area contributed by atoms with Crippen molar-refractivity contribution in [2.45, 2.75) is 31.0 Å². The number of nitrogens with one attached hydrogen (secondary N) is 1. The number of hydrogen-bond acceptors (Lipinski definition) is 8. The first-order valence-corrected chi connectivity index (χ1v) is 14.8. The molecule has 0 spiro atoms. The first-order chi connectivity index (χ1) is 22.6. The zero-order chi connectivity index (χ0) is 33.0. The van der Waals surface area contributed by atoms with Gasteiger partial charge in [-0.25, -0.2) is 9.67 Å². The van der Waals surface area contributed by atoms with Gasteiger partial charge in [0.1, 0.15) is 18.6 Å². The SMILES string of the molecule is NC(=O)C1(C(Cc2ccccc2)NC(=O)c2cccnc2-n2cc(CN3CCOCC3)c(-c3cccc(C(F)(F)F)c3)n2)OC=CO1. The van der Waals surface area contributed by atoms with Crippen LogP contribution in [0.3, 0.4) is 0 Å². The summed E-state index contributed by atoms with van der Waals surface area (Å²) in [5, 5.41) is 7.50. The number of benzene rings is 2. The van der Waals surface area contributed by atoms with Crippen LogP contribution in [0, 0.1) is 0 Å². The number of halogens is 3. The lowest BCUT2D eigenvalue weighted by Crippen LogP contribution is -2.61. The van der Waals surface area contributed by atoms with Crippen molar-refractivity contribution in [2.75, 3.05) is 26.3 Å². The molecule has 2 aliphatic heterocycles. The average Bonchev–Trinajstić information content (AvgIpc) is 3.74. The number of morpholine rings is 1. The molecular weight excluding hydrogens is 617 g/mol. The van der Waals surface area contributed by atoms with Crippen molar-refractivity contribution >= 4 is 11.8 Å². The molecule has 2 aromatic heterocycles. The third-order valence-electron chi connectivity index (χ3n) is 7.93. The molecule has 6 rings (SSSR count). The zero-order valence-electron chi connectivity index (χ0n) is 25.0. The van der Waals surface area contributed by atoms with Gasteiger partial charge in [0.15, 0.2) is 5.82 Å². The van der Waals surface area contributed by atoms with Gasteiger partial charge in [-0.2, -0.15) is 18.3 Å². The highest BCUT2D eigenvalue weighted by molar-refractivity contribution is 5.98. The smallest absolute Gasteiger partial charge is 0.416 e. The van der Waals surface area contributed by atoms with Gasteiger partial charge >= 0.3 is 17.9 Å². The van der Waals surface area contributed by atoms with Crippen molar-refractivity contribution in [1.29, 1.82) is 0 Å². The fraction of sp³-hybridized carbons (Fsp3) is 0.273. The van der Waals surface area contributed by atoms with Crippen molar-refractivity contribution in [3.05, 3.63) is 114 Å². The fourth-order valence-corrected chi connectivity index (χ4v) is 5.58. The molecule has 0 saturated carbocycles. The predicted molar refractivity (Wildman–Crippen MR) is 163 cm³/mol. The molecule has 1 atom stereocenters. The van der Waals surface area contributed by atoms with Crippen LogP contribution in [0.15, 0.2) is 91.6 Å². The minimum atomic E-state index is -4.55. The van der Waals surface area contributed by atoms with Gasteiger partial charge in [0, 0.05) is 49.6 Å². The first kappa shape index (κ1) is 31.8. The highest BCUT2D eigenvalue weighted by Gasteiger charge is 2.51. The van der Waals surface area contributed by atoms with Gasteiger partial charge in [-0.15, -0.1) is 0 Å². The zero-order valence-corrected chi connectivity index (χ0v) is 25.0. The molecule has 1 unspecified atom stereocenters. The molecule has 1 fully saturated rings. The number of alkyl halides is 3. The maximum Gasteiger partial charge on any atom is 0.416 e. The normalized spacial score (nSPS) is 16.7. The van der Waals surface area contributed by atoms with Crippen molar-refractivity contribution < 1.29 is 37.0 Å². The number of nitrogens with two attached hydrogens (primary N) is 1. The van der Waals surface area contributed by atoms with E-state index < -0.39 is 35.4 Å². The lowest BCUT2D eigenvalue weighted by atomic mass is 9.97. The number of nitrogens with zero attached hydrogens (tertiary/aromatic N) is 4. The van der Waals surface area contributed by atoms with E-state index in [-0.39, 0.29) is 23.4 Å². The number of amides is 2. The van der Waals surface area contributed by atoms with E-state index in [4.69, 9.17) is 19.9 Å². The molecule has 0 bridgehead atoms. The molecule has 244 valence electrons. The number of rotatable bonds is 10. The van der Waals surface area contributed by atoms with Crippen molar-refractivity contribution in [3.63, 3.8) is 0 Å². The second kappa shape index (κ2) is 13.3. The van der Waals surface area contributed by atoms with Gasteiger partial charge in [-0.3, -0.25) is 14.5 Å². The number of ether oxygens (including phenoxy) is 3. The monoisotopic (exact) mass is 648 g/mol. The summed E-state index contributed by atoms with van der Waals surface area (Å²) in [6.45, 7) is 2.70. The maximum atomic E-state index is 14.0. The Kier molecular flexibility index (Phi) is 8.96. The quantitative estimate of drug-likeness (QED) is 0.265. The summed E-state index contributed by atoms with van der Waals surface area (Å²) in [5.41, 5.74) is 6.98. The molecule has 4 heterocycles. The van der Waals surface area contributed by atoms with E-state index in [0.717, 1.165) is 17.7 Å². The van der Waals surface area contributed by atoms with Crippen LogP contribution in [0.4, 0.5) is 13.2 Å². The van der Waals surface area contributed by atoms with Crippen LogP contribution >= 0.6 is 0 Å². The molecule has 11 nitrogen and oxygen atoms in total. The molecule has 2 aliphatic rings. The maximum absolute atomic E-state index is 14.0. The average molecular weight is 649 g/mol. The minimum Gasteiger partial charge on any atom is -0.447 e. The Morgan fingerprint density at radius 1 is 1.00 bits per heavy atom. The third-order valence-corrected chi connectivity index (χ3v) is 7.93. The molecule has 47 heavy (non-hydrogen) atoms. The number of aromatic nitrogens is 3. The van der Waals surface area contributed by atoms with E-state index in [1.54, 1.807) is 18.3 Å². The topological polar surface area (TPSA) is 134 Å². The summed E-state index contributed by atoms with van der Waals surface area (Å²) in [7, 11) is 0. The van der Waals surface area contributed by atoms with Crippen LogP contribution in [0.1, 0.15) is 27.0 Å². The Balaban J connectivity index is 1.37. The summed E-state index contributed by atoms with van der Waals surface area (Å²) >= 11 is 0. The van der Waals surface area contributed by atoms with Crippen molar-refractivity contribution in [3.8, 4) is 17.1 Å². The standard InChI is InChI=1S/C33H31F3N6O5/c34-33(35,36)25-9-4-8-23(19-25)28-24(20-41-12-14-45-15-13-41)21-42(40-28)29-26(10-5-11-38-29)30(43)39-27(18-22-6-2-1-3-7-22)32(31(37)44)46-16-17-47-32/h1-11,16-17,19,21,27H,12-15,18,20H2,(H2,37,44)(H,39,43). The van der Waals surface area contributed by atoms with Gasteiger partial charge in [-0.05, 0) is 29.8 Å². The van der Waals surface area contributed by atoms with Crippen LogP contribution in [0.25, 0.3) is 17.1 Å². The fourth-order valence-electron chi connectivity index (χ4n) is 5.58. The molecule has 0 radical (unpaired) electrons. The van der Waals surface area contributed by atoms with Crippen molar-refractivity contribution in [2.24, 2.45) is 5.73 Å². The molecule has 4 aromatic rings. The number of carbonyl (C=O) groups is 2. The van der Waals surface area contributed by atoms with E-state index in [2.05, 4.69) is 20.3 Å². The van der Waals surface area contributed by atoms with Gasteiger partial charge in [0.25, 0.3) is 5.91 Å². The van der Waals surface area contributed by atoms with E-state index in [9.17, 15) is 22.8 Å². The summed E-state index contributed by atoms with van der Waals surface area (Å²) in [5.74, 6) is -3.48. The molecule has 2 aromatic carbocycles. The predicted octanol–water partition coefficient (Wildman–Crippen LogP) is 3.83. The van der Waals surface area contributed by atoms with Crippen LogP contribution in [0.2, 0.25) is 0 Å². The van der Waals surface area contributed by atoms with Crippen LogP contribution < -0.4 is 11.1 Å². The minimum absolute atomic E-state index is 0.0761. The molecule has 0 aliphatic carbocycles. The lowest BCUT2D eigenvalue weighted by molar-refractivity contribution is -0.182. The Labute approximate surface area is 267 Å². The number of primary amides is 1. The number of pyridine rings is 1. The molecule has 2 amide bonds. The van der Waals surface area contributed by atoms with Crippen LogP contribution in [-0.2, 0) is 38.1 Å². The van der Waals surface area contributed by atoms with Gasteiger partial charge < -0.3 is 25.3 Å². The van der Waals surface area contributed by atoms with Crippen LogP contribution in [-0.4, -0.2) is 69.6 Å². The molecule has 3 N–H and O–H groups in total. The van der Waals surface area contributed by atoms with Crippen LogP contribution in [0.5, 0.6) is 0 Å². The second-order valence-corrected chi connectivity index (χ2v) is 11.0. The summed E-state index contributed by atoms with van der Waals surface area (Å²) in [6, 6.07) is 16.0. The summed E-state index contributed by atoms with van der Waals surface area (Å²) in [4.78, 5) is 33.2. The Hall–Kier alpha value is -5.21.